The lowest BCUT2D eigenvalue weighted by atomic mass is 9.98. The van der Waals surface area contributed by atoms with E-state index in [0.717, 1.165) is 31.8 Å². The predicted molar refractivity (Wildman–Crippen MR) is 71.8 cm³/mol. The van der Waals surface area contributed by atoms with Crippen molar-refractivity contribution in [1.29, 1.82) is 0 Å². The van der Waals surface area contributed by atoms with Crippen molar-refractivity contribution in [3.63, 3.8) is 0 Å². The first-order valence-electron chi connectivity index (χ1n) is 6.48. The van der Waals surface area contributed by atoms with E-state index in [1.807, 2.05) is 13.0 Å². The van der Waals surface area contributed by atoms with Crippen LogP contribution in [-0.2, 0) is 17.8 Å². The molecule has 0 saturated heterocycles. The lowest BCUT2D eigenvalue weighted by molar-refractivity contribution is -0.120. The van der Waals surface area contributed by atoms with Crippen LogP contribution in [0.15, 0.2) is 18.2 Å². The molecule has 1 aliphatic heterocycles. The fraction of sp³-hybridized carbons (Fsp3) is 0.533. The molecule has 0 N–H and O–H groups in total. The number of hydrogen-bond acceptors (Lipinski definition) is 3. The Balaban J connectivity index is 2.04. The highest BCUT2D eigenvalue weighted by atomic mass is 16.5. The molecule has 18 heavy (non-hydrogen) atoms. The Hall–Kier alpha value is -1.35. The molecule has 0 radical (unpaired) electrons. The van der Waals surface area contributed by atoms with Gasteiger partial charge in [0.2, 0.25) is 0 Å². The normalized spacial score (nSPS) is 17.1. The number of Topliss-reactive ketones (excluding diaryl/α,β-unsaturated/α-hetero) is 1. The van der Waals surface area contributed by atoms with Gasteiger partial charge >= 0.3 is 0 Å². The fourth-order valence-electron chi connectivity index (χ4n) is 2.39. The molecule has 1 atom stereocenters. The van der Waals surface area contributed by atoms with Crippen molar-refractivity contribution >= 4 is 5.78 Å². The summed E-state index contributed by atoms with van der Waals surface area (Å²) < 4.78 is 5.24. The quantitative estimate of drug-likeness (QED) is 0.817. The Morgan fingerprint density at radius 1 is 1.44 bits per heavy atom. The predicted octanol–water partition coefficient (Wildman–Crippen LogP) is 2.28. The molecule has 0 amide bonds. The van der Waals surface area contributed by atoms with E-state index in [2.05, 4.69) is 17.0 Å². The third-order valence-corrected chi connectivity index (χ3v) is 3.73. The van der Waals surface area contributed by atoms with Gasteiger partial charge in [0.25, 0.3) is 0 Å². The number of ether oxygens (including phenoxy) is 1. The first-order valence-corrected chi connectivity index (χ1v) is 6.48. The number of fused-ring (bicyclic) bond motifs is 1. The van der Waals surface area contributed by atoms with Gasteiger partial charge in [-0.15, -0.1) is 0 Å². The molecule has 0 spiro atoms. The molecule has 1 aromatic rings. The highest BCUT2D eigenvalue weighted by Gasteiger charge is 2.19. The van der Waals surface area contributed by atoms with Crippen LogP contribution >= 0.6 is 0 Å². The maximum absolute atomic E-state index is 11.3. The summed E-state index contributed by atoms with van der Waals surface area (Å²) in [4.78, 5) is 13.7. The smallest absolute Gasteiger partial charge is 0.133 e. The molecule has 2 rings (SSSR count). The van der Waals surface area contributed by atoms with Crippen molar-refractivity contribution in [2.75, 3.05) is 20.2 Å². The average Bonchev–Trinajstić information content (AvgIpc) is 2.37. The van der Waals surface area contributed by atoms with Crippen LogP contribution in [0.2, 0.25) is 0 Å². The van der Waals surface area contributed by atoms with Crippen LogP contribution in [0.4, 0.5) is 0 Å². The number of hydrogen-bond donors (Lipinski definition) is 0. The summed E-state index contributed by atoms with van der Waals surface area (Å²) in [6.45, 7) is 6.51. The lowest BCUT2D eigenvalue weighted by Crippen LogP contribution is -2.35. The summed E-state index contributed by atoms with van der Waals surface area (Å²) in [5.74, 6) is 1.33. The van der Waals surface area contributed by atoms with Gasteiger partial charge in [-0.2, -0.15) is 0 Å². The monoisotopic (exact) mass is 247 g/mol. The van der Waals surface area contributed by atoms with E-state index in [1.165, 1.54) is 11.1 Å². The van der Waals surface area contributed by atoms with E-state index >= 15 is 0 Å². The maximum Gasteiger partial charge on any atom is 0.133 e. The molecule has 3 heteroatoms. The second-order valence-electron chi connectivity index (χ2n) is 5.13. The van der Waals surface area contributed by atoms with Gasteiger partial charge in [-0.1, -0.05) is 13.0 Å². The minimum Gasteiger partial charge on any atom is -0.497 e. The van der Waals surface area contributed by atoms with Crippen LogP contribution in [0.25, 0.3) is 0 Å². The van der Waals surface area contributed by atoms with Gasteiger partial charge in [-0.3, -0.25) is 9.69 Å². The Morgan fingerprint density at radius 3 is 2.89 bits per heavy atom. The van der Waals surface area contributed by atoms with Crippen molar-refractivity contribution in [1.82, 2.24) is 4.90 Å². The summed E-state index contributed by atoms with van der Waals surface area (Å²) in [7, 11) is 1.70. The van der Waals surface area contributed by atoms with Gasteiger partial charge in [0, 0.05) is 25.6 Å². The number of carbonyl (C=O) groups is 1. The van der Waals surface area contributed by atoms with Crippen molar-refractivity contribution in [3.8, 4) is 5.75 Å². The molecular weight excluding hydrogens is 226 g/mol. The number of nitrogens with zero attached hydrogens (tertiary/aromatic N) is 1. The molecule has 0 fully saturated rings. The van der Waals surface area contributed by atoms with Gasteiger partial charge in [0.15, 0.2) is 0 Å². The van der Waals surface area contributed by atoms with Crippen LogP contribution < -0.4 is 4.74 Å². The zero-order chi connectivity index (χ0) is 13.1. The third kappa shape index (κ3) is 2.91. The van der Waals surface area contributed by atoms with Crippen LogP contribution in [0, 0.1) is 5.92 Å². The lowest BCUT2D eigenvalue weighted by Gasteiger charge is -2.30. The highest BCUT2D eigenvalue weighted by Crippen LogP contribution is 2.24. The van der Waals surface area contributed by atoms with Crippen molar-refractivity contribution in [3.05, 3.63) is 29.3 Å². The van der Waals surface area contributed by atoms with E-state index < -0.39 is 0 Å². The molecule has 0 aliphatic carbocycles. The summed E-state index contributed by atoms with van der Waals surface area (Å²) in [5.41, 5.74) is 2.74. The molecule has 1 aromatic carbocycles. The first kappa shape index (κ1) is 13.1. The minimum atomic E-state index is 0.129. The third-order valence-electron chi connectivity index (χ3n) is 3.73. The average molecular weight is 247 g/mol. The van der Waals surface area contributed by atoms with E-state index in [0.29, 0.717) is 0 Å². The zero-order valence-corrected chi connectivity index (χ0v) is 11.4. The van der Waals surface area contributed by atoms with Crippen LogP contribution in [-0.4, -0.2) is 30.9 Å². The van der Waals surface area contributed by atoms with Crippen molar-refractivity contribution in [2.24, 2.45) is 5.92 Å². The SMILES string of the molecule is COc1ccc2c(c1)CCN(CC(C)C(C)=O)C2. The largest absolute Gasteiger partial charge is 0.497 e. The topological polar surface area (TPSA) is 29.5 Å². The fourth-order valence-corrected chi connectivity index (χ4v) is 2.39. The molecule has 3 nitrogen and oxygen atoms in total. The molecule has 1 unspecified atom stereocenters. The van der Waals surface area contributed by atoms with Gasteiger partial charge in [-0.05, 0) is 36.6 Å². The van der Waals surface area contributed by atoms with E-state index in [1.54, 1.807) is 14.0 Å². The molecule has 98 valence electrons. The number of carbonyl (C=O) groups excluding carboxylic acids is 1. The van der Waals surface area contributed by atoms with Crippen LogP contribution in [0.3, 0.4) is 0 Å². The molecule has 1 heterocycles. The standard InChI is InChI=1S/C15H21NO2/c1-11(12(2)17)9-16-7-6-13-8-15(18-3)5-4-14(13)10-16/h4-5,8,11H,6-7,9-10H2,1-3H3. The number of ketones is 1. The van der Waals surface area contributed by atoms with Gasteiger partial charge in [0.1, 0.15) is 11.5 Å². The summed E-state index contributed by atoms with van der Waals surface area (Å²) in [6.07, 6.45) is 1.04. The van der Waals surface area contributed by atoms with Crippen molar-refractivity contribution in [2.45, 2.75) is 26.8 Å². The summed E-state index contributed by atoms with van der Waals surface area (Å²) in [5, 5.41) is 0. The zero-order valence-electron chi connectivity index (χ0n) is 11.4. The van der Waals surface area contributed by atoms with Gasteiger partial charge in [0.05, 0.1) is 7.11 Å². The minimum absolute atomic E-state index is 0.129. The highest BCUT2D eigenvalue weighted by molar-refractivity contribution is 5.78. The van der Waals surface area contributed by atoms with Gasteiger partial charge in [-0.25, -0.2) is 0 Å². The number of rotatable bonds is 4. The first-order chi connectivity index (χ1) is 8.60. The van der Waals surface area contributed by atoms with Gasteiger partial charge < -0.3 is 4.74 Å². The molecule has 0 bridgehead atoms. The Bertz CT molecular complexity index is 442. The maximum atomic E-state index is 11.3. The molecular formula is C15H21NO2. The Kier molecular flexibility index (Phi) is 4.02. The van der Waals surface area contributed by atoms with Crippen LogP contribution in [0.1, 0.15) is 25.0 Å². The Labute approximate surface area is 109 Å². The van der Waals surface area contributed by atoms with E-state index in [9.17, 15) is 4.79 Å². The Morgan fingerprint density at radius 2 is 2.22 bits per heavy atom. The molecule has 1 aliphatic rings. The van der Waals surface area contributed by atoms with Crippen LogP contribution in [0.5, 0.6) is 5.75 Å². The summed E-state index contributed by atoms with van der Waals surface area (Å²) >= 11 is 0. The number of benzene rings is 1. The second-order valence-corrected chi connectivity index (χ2v) is 5.13. The summed E-state index contributed by atoms with van der Waals surface area (Å²) in [6, 6.07) is 6.27. The number of methoxy groups -OCH3 is 1. The molecule has 0 aromatic heterocycles. The molecule has 0 saturated carbocycles. The van der Waals surface area contributed by atoms with E-state index in [-0.39, 0.29) is 11.7 Å². The second kappa shape index (κ2) is 5.53. The van der Waals surface area contributed by atoms with E-state index in [4.69, 9.17) is 4.74 Å². The van der Waals surface area contributed by atoms with Crippen molar-refractivity contribution < 1.29 is 9.53 Å².